The van der Waals surface area contributed by atoms with Crippen molar-refractivity contribution in [2.75, 3.05) is 20.2 Å². The Morgan fingerprint density at radius 2 is 1.92 bits per heavy atom. The second-order valence-corrected chi connectivity index (χ2v) is 6.59. The molecule has 5 nitrogen and oxygen atoms in total. The molecule has 0 spiro atoms. The van der Waals surface area contributed by atoms with Gasteiger partial charge in [0.25, 0.3) is 5.91 Å². The van der Waals surface area contributed by atoms with Gasteiger partial charge in [-0.15, -0.1) is 0 Å². The minimum absolute atomic E-state index is 0.0873. The molecule has 130 valence electrons. The molecular formula is C19H20N2O3S. The highest BCUT2D eigenvalue weighted by Gasteiger charge is 2.35. The molecule has 1 saturated heterocycles. The van der Waals surface area contributed by atoms with Crippen molar-refractivity contribution in [3.05, 3.63) is 64.4 Å². The highest BCUT2D eigenvalue weighted by Crippen LogP contribution is 2.31. The summed E-state index contributed by atoms with van der Waals surface area (Å²) in [4.78, 5) is 29.7. The van der Waals surface area contributed by atoms with Crippen molar-refractivity contribution in [2.24, 2.45) is 5.92 Å². The SMILES string of the molecule is COC(=O)C1CC(c2ccccc2)CN(C(=O)c2ccc[nH]c2=S)C1. The number of amides is 1. The Kier molecular flexibility index (Phi) is 5.28. The highest BCUT2D eigenvalue weighted by atomic mass is 32.1. The molecule has 1 N–H and O–H groups in total. The minimum Gasteiger partial charge on any atom is -0.469 e. The first kappa shape index (κ1) is 17.4. The highest BCUT2D eigenvalue weighted by molar-refractivity contribution is 7.71. The van der Waals surface area contributed by atoms with E-state index in [2.05, 4.69) is 4.98 Å². The lowest BCUT2D eigenvalue weighted by Crippen LogP contribution is -2.45. The van der Waals surface area contributed by atoms with Crippen LogP contribution in [0.4, 0.5) is 0 Å². The Balaban J connectivity index is 1.90. The van der Waals surface area contributed by atoms with Crippen LogP contribution in [0.3, 0.4) is 0 Å². The summed E-state index contributed by atoms with van der Waals surface area (Å²) in [6.45, 7) is 0.901. The van der Waals surface area contributed by atoms with E-state index in [9.17, 15) is 9.59 Å². The van der Waals surface area contributed by atoms with Crippen LogP contribution in [-0.2, 0) is 9.53 Å². The Morgan fingerprint density at radius 3 is 2.60 bits per heavy atom. The molecule has 2 heterocycles. The number of nitrogens with zero attached hydrogens (tertiary/aromatic N) is 1. The first-order valence-corrected chi connectivity index (χ1v) is 8.60. The summed E-state index contributed by atoms with van der Waals surface area (Å²) in [5.74, 6) is -0.688. The van der Waals surface area contributed by atoms with Crippen molar-refractivity contribution in [1.29, 1.82) is 0 Å². The second kappa shape index (κ2) is 7.61. The molecule has 1 aromatic carbocycles. The van der Waals surface area contributed by atoms with Gasteiger partial charge in [-0.2, -0.15) is 0 Å². The maximum Gasteiger partial charge on any atom is 0.310 e. The molecule has 1 amide bonds. The van der Waals surface area contributed by atoms with E-state index in [4.69, 9.17) is 17.0 Å². The Morgan fingerprint density at radius 1 is 1.16 bits per heavy atom. The molecule has 1 aromatic heterocycles. The third-order valence-corrected chi connectivity index (χ3v) is 4.93. The molecule has 2 atom stereocenters. The summed E-state index contributed by atoms with van der Waals surface area (Å²) in [5, 5.41) is 0. The standard InChI is InChI=1S/C19H20N2O3S/c1-24-19(23)15-10-14(13-6-3-2-4-7-13)11-21(12-15)18(22)16-8-5-9-20-17(16)25/h2-9,14-15H,10-12H2,1H3,(H,20,25). The summed E-state index contributed by atoms with van der Waals surface area (Å²) < 4.78 is 5.33. The Bertz CT molecular complexity index is 819. The molecule has 0 bridgehead atoms. The van der Waals surface area contributed by atoms with Gasteiger partial charge in [-0.25, -0.2) is 0 Å². The van der Waals surface area contributed by atoms with E-state index in [0.717, 1.165) is 5.56 Å². The van der Waals surface area contributed by atoms with E-state index in [0.29, 0.717) is 29.7 Å². The molecule has 1 aliphatic heterocycles. The Hall–Kier alpha value is -2.47. The number of nitrogens with one attached hydrogen (secondary N) is 1. The first-order chi connectivity index (χ1) is 12.1. The fraction of sp³-hybridized carbons (Fsp3) is 0.316. The fourth-order valence-electron chi connectivity index (χ4n) is 3.33. The molecule has 0 radical (unpaired) electrons. The number of hydrogen-bond donors (Lipinski definition) is 1. The molecule has 0 aliphatic carbocycles. The summed E-state index contributed by atoms with van der Waals surface area (Å²) in [6.07, 6.45) is 2.36. The van der Waals surface area contributed by atoms with Crippen molar-refractivity contribution in [2.45, 2.75) is 12.3 Å². The monoisotopic (exact) mass is 356 g/mol. The predicted molar refractivity (Wildman–Crippen MR) is 96.8 cm³/mol. The number of likely N-dealkylation sites (tertiary alicyclic amines) is 1. The maximum atomic E-state index is 12.9. The van der Waals surface area contributed by atoms with E-state index in [1.165, 1.54) is 7.11 Å². The molecule has 2 unspecified atom stereocenters. The lowest BCUT2D eigenvalue weighted by Gasteiger charge is -2.37. The van der Waals surface area contributed by atoms with E-state index in [-0.39, 0.29) is 23.7 Å². The number of esters is 1. The van der Waals surface area contributed by atoms with Crippen LogP contribution in [0.25, 0.3) is 0 Å². The molecule has 1 fully saturated rings. The van der Waals surface area contributed by atoms with Crippen LogP contribution in [-0.4, -0.2) is 42.0 Å². The number of pyridine rings is 1. The van der Waals surface area contributed by atoms with Crippen LogP contribution in [0.2, 0.25) is 0 Å². The average Bonchev–Trinajstić information content (AvgIpc) is 2.67. The smallest absolute Gasteiger partial charge is 0.310 e. The third-order valence-electron chi connectivity index (χ3n) is 4.59. The van der Waals surface area contributed by atoms with Gasteiger partial charge in [0.2, 0.25) is 0 Å². The minimum atomic E-state index is -0.339. The topological polar surface area (TPSA) is 62.4 Å². The number of hydrogen-bond acceptors (Lipinski definition) is 4. The summed E-state index contributed by atoms with van der Waals surface area (Å²) in [7, 11) is 1.38. The largest absolute Gasteiger partial charge is 0.469 e. The number of aromatic nitrogens is 1. The van der Waals surface area contributed by atoms with Crippen LogP contribution < -0.4 is 0 Å². The maximum absolute atomic E-state index is 12.9. The number of methoxy groups -OCH3 is 1. The molecule has 0 saturated carbocycles. The summed E-state index contributed by atoms with van der Waals surface area (Å²) >= 11 is 5.23. The number of ether oxygens (including phenoxy) is 1. The van der Waals surface area contributed by atoms with Gasteiger partial charge in [0.05, 0.1) is 18.6 Å². The van der Waals surface area contributed by atoms with Crippen LogP contribution in [0.5, 0.6) is 0 Å². The van der Waals surface area contributed by atoms with Gasteiger partial charge in [-0.3, -0.25) is 9.59 Å². The lowest BCUT2D eigenvalue weighted by molar-refractivity contribution is -0.147. The van der Waals surface area contributed by atoms with E-state index in [1.807, 2.05) is 30.3 Å². The number of carbonyl (C=O) groups is 2. The van der Waals surface area contributed by atoms with Gasteiger partial charge in [-0.05, 0) is 24.1 Å². The van der Waals surface area contributed by atoms with Gasteiger partial charge < -0.3 is 14.6 Å². The summed E-state index contributed by atoms with van der Waals surface area (Å²) in [6, 6.07) is 13.4. The van der Waals surface area contributed by atoms with Gasteiger partial charge in [0.15, 0.2) is 0 Å². The molecule has 6 heteroatoms. The molecule has 3 rings (SSSR count). The molecule has 2 aromatic rings. The number of piperidine rings is 1. The summed E-state index contributed by atoms with van der Waals surface area (Å²) in [5.41, 5.74) is 1.57. The second-order valence-electron chi connectivity index (χ2n) is 6.19. The van der Waals surface area contributed by atoms with Crippen molar-refractivity contribution >= 4 is 24.1 Å². The van der Waals surface area contributed by atoms with Gasteiger partial charge in [0, 0.05) is 25.2 Å². The van der Waals surface area contributed by atoms with E-state index < -0.39 is 0 Å². The van der Waals surface area contributed by atoms with Gasteiger partial charge >= 0.3 is 5.97 Å². The van der Waals surface area contributed by atoms with Gasteiger partial charge in [0.1, 0.15) is 4.64 Å². The number of H-pyrrole nitrogens is 1. The van der Waals surface area contributed by atoms with Crippen LogP contribution in [0.15, 0.2) is 48.7 Å². The normalized spacial score (nSPS) is 20.1. The number of benzene rings is 1. The van der Waals surface area contributed by atoms with Crippen molar-refractivity contribution < 1.29 is 14.3 Å². The average molecular weight is 356 g/mol. The van der Waals surface area contributed by atoms with Gasteiger partial charge in [-0.1, -0.05) is 42.5 Å². The predicted octanol–water partition coefficient (Wildman–Crippen LogP) is 3.16. The van der Waals surface area contributed by atoms with E-state index in [1.54, 1.807) is 23.2 Å². The van der Waals surface area contributed by atoms with Crippen molar-refractivity contribution in [3.63, 3.8) is 0 Å². The number of aromatic amines is 1. The number of rotatable bonds is 3. The molecule has 1 aliphatic rings. The Labute approximate surface area is 151 Å². The third kappa shape index (κ3) is 3.79. The van der Waals surface area contributed by atoms with E-state index >= 15 is 0 Å². The zero-order valence-corrected chi connectivity index (χ0v) is 14.8. The quantitative estimate of drug-likeness (QED) is 0.678. The zero-order chi connectivity index (χ0) is 17.8. The van der Waals surface area contributed by atoms with Crippen LogP contribution >= 0.6 is 12.2 Å². The fourth-order valence-corrected chi connectivity index (χ4v) is 3.55. The van der Waals surface area contributed by atoms with Crippen molar-refractivity contribution in [1.82, 2.24) is 9.88 Å². The lowest BCUT2D eigenvalue weighted by atomic mass is 9.84. The van der Waals surface area contributed by atoms with Crippen LogP contribution in [0.1, 0.15) is 28.3 Å². The van der Waals surface area contributed by atoms with Crippen LogP contribution in [0, 0.1) is 10.6 Å². The zero-order valence-electron chi connectivity index (χ0n) is 14.0. The molecule has 25 heavy (non-hydrogen) atoms. The van der Waals surface area contributed by atoms with Crippen molar-refractivity contribution in [3.8, 4) is 0 Å². The molecular weight excluding hydrogens is 336 g/mol. The number of carbonyl (C=O) groups excluding carboxylic acids is 2. The first-order valence-electron chi connectivity index (χ1n) is 8.20.